The number of methoxy groups -OCH3 is 1. The summed E-state index contributed by atoms with van der Waals surface area (Å²) >= 11 is 0. The van der Waals surface area contributed by atoms with E-state index >= 15 is 0 Å². The Labute approximate surface area is 124 Å². The van der Waals surface area contributed by atoms with Crippen LogP contribution in [0.2, 0.25) is 0 Å². The van der Waals surface area contributed by atoms with E-state index < -0.39 is 6.10 Å². The number of hydrogen-bond donors (Lipinski definition) is 1. The number of ether oxygens (including phenoxy) is 1. The zero-order chi connectivity index (χ0) is 14.4. The molecule has 108 valence electrons. The molecule has 1 aromatic carbocycles. The van der Waals surface area contributed by atoms with Crippen molar-refractivity contribution in [3.8, 4) is 5.75 Å². The molecule has 0 aliphatic heterocycles. The highest BCUT2D eigenvalue weighted by Crippen LogP contribution is 2.64. The maximum Gasteiger partial charge on any atom is 0.143 e. The molecule has 2 aliphatic carbocycles. The first kappa shape index (κ1) is 12.8. The monoisotopic (exact) mass is 281 g/mol. The molecular weight excluding hydrogens is 262 g/mol. The molecule has 4 unspecified atom stereocenters. The van der Waals surface area contributed by atoms with Crippen LogP contribution in [-0.4, -0.2) is 17.2 Å². The van der Waals surface area contributed by atoms with Gasteiger partial charge in [-0.2, -0.15) is 0 Å². The third-order valence-corrected chi connectivity index (χ3v) is 5.06. The lowest BCUT2D eigenvalue weighted by molar-refractivity contribution is 0.136. The molecule has 1 heterocycles. The zero-order valence-electron chi connectivity index (χ0n) is 12.1. The minimum absolute atomic E-state index is 0.275. The van der Waals surface area contributed by atoms with Gasteiger partial charge in [0.05, 0.1) is 7.11 Å². The first-order chi connectivity index (χ1) is 10.3. The van der Waals surface area contributed by atoms with Crippen molar-refractivity contribution in [2.24, 2.45) is 11.8 Å². The van der Waals surface area contributed by atoms with E-state index in [-0.39, 0.29) is 5.92 Å². The lowest BCUT2D eigenvalue weighted by Crippen LogP contribution is -2.06. The molecule has 1 fully saturated rings. The van der Waals surface area contributed by atoms with Crippen molar-refractivity contribution in [1.29, 1.82) is 0 Å². The summed E-state index contributed by atoms with van der Waals surface area (Å²) in [7, 11) is 1.63. The maximum atomic E-state index is 10.8. The predicted molar refractivity (Wildman–Crippen MR) is 80.2 cm³/mol. The Morgan fingerprint density at radius 2 is 2.10 bits per heavy atom. The average Bonchev–Trinajstić information content (AvgIpc) is 3.29. The van der Waals surface area contributed by atoms with Gasteiger partial charge in [0, 0.05) is 12.1 Å². The van der Waals surface area contributed by atoms with Crippen LogP contribution < -0.4 is 4.74 Å². The van der Waals surface area contributed by atoms with Gasteiger partial charge >= 0.3 is 0 Å². The fourth-order valence-corrected chi connectivity index (χ4v) is 4.03. The van der Waals surface area contributed by atoms with E-state index in [1.54, 1.807) is 13.3 Å². The SMILES string of the molecule is COc1cccnc1C(O)C1C2CCc3ccccc3C21. The lowest BCUT2D eigenvalue weighted by atomic mass is 9.92. The van der Waals surface area contributed by atoms with Crippen LogP contribution in [0, 0.1) is 11.8 Å². The van der Waals surface area contributed by atoms with Crippen LogP contribution in [0.5, 0.6) is 5.75 Å². The van der Waals surface area contributed by atoms with Crippen LogP contribution in [0.3, 0.4) is 0 Å². The summed E-state index contributed by atoms with van der Waals surface area (Å²) < 4.78 is 5.34. The Balaban J connectivity index is 1.65. The molecule has 3 heteroatoms. The van der Waals surface area contributed by atoms with E-state index in [0.29, 0.717) is 23.3 Å². The molecule has 0 radical (unpaired) electrons. The van der Waals surface area contributed by atoms with Crippen LogP contribution >= 0.6 is 0 Å². The summed E-state index contributed by atoms with van der Waals surface area (Å²) in [5.41, 5.74) is 3.55. The number of rotatable bonds is 3. The van der Waals surface area contributed by atoms with Gasteiger partial charge in [-0.3, -0.25) is 4.98 Å². The fourth-order valence-electron chi connectivity index (χ4n) is 4.03. The van der Waals surface area contributed by atoms with E-state index in [1.165, 1.54) is 17.5 Å². The third-order valence-electron chi connectivity index (χ3n) is 5.06. The molecule has 2 aliphatic rings. The van der Waals surface area contributed by atoms with Gasteiger partial charge in [-0.25, -0.2) is 0 Å². The maximum absolute atomic E-state index is 10.8. The number of pyridine rings is 1. The van der Waals surface area contributed by atoms with Crippen molar-refractivity contribution in [2.75, 3.05) is 7.11 Å². The van der Waals surface area contributed by atoms with E-state index in [4.69, 9.17) is 4.74 Å². The molecule has 4 rings (SSSR count). The molecule has 1 saturated carbocycles. The summed E-state index contributed by atoms with van der Waals surface area (Å²) in [6.07, 6.45) is 3.47. The van der Waals surface area contributed by atoms with Crippen LogP contribution in [0.1, 0.15) is 35.3 Å². The number of aliphatic hydroxyl groups is 1. The molecule has 0 spiro atoms. The average molecular weight is 281 g/mol. The van der Waals surface area contributed by atoms with Crippen LogP contribution in [0.25, 0.3) is 0 Å². The molecule has 4 atom stereocenters. The molecule has 3 nitrogen and oxygen atoms in total. The first-order valence-electron chi connectivity index (χ1n) is 7.56. The van der Waals surface area contributed by atoms with Crippen molar-refractivity contribution in [3.05, 3.63) is 59.4 Å². The van der Waals surface area contributed by atoms with Gasteiger partial charge in [-0.05, 0) is 47.9 Å². The standard InChI is InChI=1S/C18H19NO2/c1-21-14-7-4-10-19-17(14)18(20)16-13-9-8-11-5-2-3-6-12(11)15(13)16/h2-7,10,13,15-16,18,20H,8-9H2,1H3. The zero-order valence-corrected chi connectivity index (χ0v) is 12.1. The largest absolute Gasteiger partial charge is 0.495 e. The molecule has 0 saturated heterocycles. The van der Waals surface area contributed by atoms with Gasteiger partial charge in [0.25, 0.3) is 0 Å². The van der Waals surface area contributed by atoms with Crippen molar-refractivity contribution < 1.29 is 9.84 Å². The number of aryl methyl sites for hydroxylation is 1. The minimum atomic E-state index is -0.540. The quantitative estimate of drug-likeness (QED) is 0.940. The minimum Gasteiger partial charge on any atom is -0.495 e. The molecule has 21 heavy (non-hydrogen) atoms. The van der Waals surface area contributed by atoms with Crippen molar-refractivity contribution >= 4 is 0 Å². The molecule has 0 bridgehead atoms. The second-order valence-electron chi connectivity index (χ2n) is 6.04. The van der Waals surface area contributed by atoms with Gasteiger partial charge in [-0.15, -0.1) is 0 Å². The second kappa shape index (κ2) is 4.85. The fraction of sp³-hybridized carbons (Fsp3) is 0.389. The van der Waals surface area contributed by atoms with E-state index in [9.17, 15) is 5.11 Å². The Kier molecular flexibility index (Phi) is 2.96. The normalized spacial score (nSPS) is 27.4. The molecular formula is C18H19NO2. The number of aliphatic hydroxyl groups excluding tert-OH is 1. The van der Waals surface area contributed by atoms with Gasteiger partial charge in [0.1, 0.15) is 17.5 Å². The van der Waals surface area contributed by atoms with Gasteiger partial charge in [0.2, 0.25) is 0 Å². The highest BCUT2D eigenvalue weighted by Gasteiger charge is 2.57. The highest BCUT2D eigenvalue weighted by molar-refractivity contribution is 5.41. The van der Waals surface area contributed by atoms with Gasteiger partial charge in [-0.1, -0.05) is 24.3 Å². The number of aromatic nitrogens is 1. The van der Waals surface area contributed by atoms with Gasteiger partial charge < -0.3 is 9.84 Å². The highest BCUT2D eigenvalue weighted by atomic mass is 16.5. The Bertz CT molecular complexity index is 670. The summed E-state index contributed by atoms with van der Waals surface area (Å²) in [6, 6.07) is 12.3. The third kappa shape index (κ3) is 1.95. The van der Waals surface area contributed by atoms with E-state index in [0.717, 1.165) is 6.42 Å². The summed E-state index contributed by atoms with van der Waals surface area (Å²) in [5, 5.41) is 10.8. The first-order valence-corrected chi connectivity index (χ1v) is 7.56. The molecule has 2 aromatic rings. The number of benzene rings is 1. The topological polar surface area (TPSA) is 42.4 Å². The smallest absolute Gasteiger partial charge is 0.143 e. The van der Waals surface area contributed by atoms with Crippen LogP contribution in [-0.2, 0) is 6.42 Å². The molecule has 1 N–H and O–H groups in total. The molecule has 1 aromatic heterocycles. The number of hydrogen-bond acceptors (Lipinski definition) is 3. The second-order valence-corrected chi connectivity index (χ2v) is 6.04. The Morgan fingerprint density at radius 3 is 2.95 bits per heavy atom. The van der Waals surface area contributed by atoms with Crippen LogP contribution in [0.15, 0.2) is 42.6 Å². The summed E-state index contributed by atoms with van der Waals surface area (Å²) in [5.74, 6) is 2.03. The molecule has 0 amide bonds. The van der Waals surface area contributed by atoms with Gasteiger partial charge in [0.15, 0.2) is 0 Å². The number of nitrogens with zero attached hydrogens (tertiary/aromatic N) is 1. The lowest BCUT2D eigenvalue weighted by Gasteiger charge is -2.14. The Morgan fingerprint density at radius 1 is 1.24 bits per heavy atom. The van der Waals surface area contributed by atoms with Crippen molar-refractivity contribution in [3.63, 3.8) is 0 Å². The summed E-state index contributed by atoms with van der Waals surface area (Å²) in [4.78, 5) is 4.35. The Hall–Kier alpha value is -1.87. The van der Waals surface area contributed by atoms with Crippen molar-refractivity contribution in [1.82, 2.24) is 4.98 Å². The van der Waals surface area contributed by atoms with E-state index in [2.05, 4.69) is 29.2 Å². The van der Waals surface area contributed by atoms with Crippen LogP contribution in [0.4, 0.5) is 0 Å². The number of fused-ring (bicyclic) bond motifs is 3. The van der Waals surface area contributed by atoms with Crippen molar-refractivity contribution in [2.45, 2.75) is 24.9 Å². The predicted octanol–water partition coefficient (Wildman–Crippen LogP) is 3.10. The summed E-state index contributed by atoms with van der Waals surface area (Å²) in [6.45, 7) is 0. The van der Waals surface area contributed by atoms with E-state index in [1.807, 2.05) is 12.1 Å².